The highest BCUT2D eigenvalue weighted by Crippen LogP contribution is 2.41. The lowest BCUT2D eigenvalue weighted by Crippen LogP contribution is -2.50. The molecule has 3 N–H and O–H groups in total. The topological polar surface area (TPSA) is 72.4 Å². The monoisotopic (exact) mass is 589 g/mol. The van der Waals surface area contributed by atoms with Crippen molar-refractivity contribution in [3.63, 3.8) is 0 Å². The molecule has 7 nitrogen and oxygen atoms in total. The van der Waals surface area contributed by atoms with Crippen LogP contribution in [0.1, 0.15) is 70.1 Å². The number of hydrogen-bond donors (Lipinski definition) is 3. The zero-order valence-electron chi connectivity index (χ0n) is 25.6. The fourth-order valence-electron chi connectivity index (χ4n) is 5.93. The first-order chi connectivity index (χ1) is 19.8. The van der Waals surface area contributed by atoms with E-state index in [0.717, 1.165) is 11.4 Å². The molecule has 1 aromatic carbocycles. The Morgan fingerprint density at radius 2 is 1.81 bits per heavy atom. The molecule has 10 heteroatoms. The number of ether oxygens (including phenoxy) is 1. The van der Waals surface area contributed by atoms with Crippen molar-refractivity contribution >= 4 is 5.71 Å². The summed E-state index contributed by atoms with van der Waals surface area (Å²) in [7, 11) is 0. The lowest BCUT2D eigenvalue weighted by Gasteiger charge is -2.42. The molecule has 1 aromatic rings. The summed E-state index contributed by atoms with van der Waals surface area (Å²) >= 11 is 0. The molecule has 0 spiro atoms. The Morgan fingerprint density at radius 1 is 1.14 bits per heavy atom. The van der Waals surface area contributed by atoms with Gasteiger partial charge in [0.2, 0.25) is 0 Å². The SMILES string of the molecule is C=C1C(=NC(C)(C)C)C=C(N2CCOCC2)NN1/C(Cc1cccc(C(F)(F)F)c1C1CCNCC1)=C(/CO)C(C)C. The molecule has 232 valence electrons. The minimum atomic E-state index is -4.47. The fraction of sp³-hybridized carbons (Fsp3) is 0.594. The van der Waals surface area contributed by atoms with Crippen LogP contribution in [0.15, 0.2) is 58.6 Å². The number of hydrazine groups is 1. The number of rotatable bonds is 7. The number of aliphatic hydroxyl groups is 1. The van der Waals surface area contributed by atoms with E-state index in [0.29, 0.717) is 80.5 Å². The van der Waals surface area contributed by atoms with Crippen LogP contribution in [0.5, 0.6) is 0 Å². The Kier molecular flexibility index (Phi) is 10.1. The van der Waals surface area contributed by atoms with Gasteiger partial charge in [-0.15, -0.1) is 0 Å². The molecule has 2 fully saturated rings. The van der Waals surface area contributed by atoms with Crippen molar-refractivity contribution in [2.45, 2.75) is 71.5 Å². The van der Waals surface area contributed by atoms with Gasteiger partial charge in [0.05, 0.1) is 42.3 Å². The van der Waals surface area contributed by atoms with Crippen LogP contribution in [0.4, 0.5) is 13.2 Å². The van der Waals surface area contributed by atoms with Gasteiger partial charge in [-0.25, -0.2) is 0 Å². The largest absolute Gasteiger partial charge is 0.416 e. The third-order valence-corrected chi connectivity index (χ3v) is 7.99. The number of morpholine rings is 1. The van der Waals surface area contributed by atoms with Gasteiger partial charge in [0, 0.05) is 31.3 Å². The summed E-state index contributed by atoms with van der Waals surface area (Å²) in [6.07, 6.45) is -1.02. The number of allylic oxidation sites excluding steroid dienone is 2. The molecule has 0 bridgehead atoms. The highest BCUT2D eigenvalue weighted by Gasteiger charge is 2.38. The van der Waals surface area contributed by atoms with Crippen molar-refractivity contribution < 1.29 is 23.0 Å². The number of halogens is 3. The number of nitrogens with zero attached hydrogens (tertiary/aromatic N) is 3. The average molecular weight is 590 g/mol. The van der Waals surface area contributed by atoms with Gasteiger partial charge in [-0.2, -0.15) is 13.2 Å². The maximum absolute atomic E-state index is 14.4. The van der Waals surface area contributed by atoms with Gasteiger partial charge in [0.25, 0.3) is 0 Å². The van der Waals surface area contributed by atoms with Crippen molar-refractivity contribution in [1.82, 2.24) is 20.7 Å². The van der Waals surface area contributed by atoms with Crippen molar-refractivity contribution in [2.24, 2.45) is 10.9 Å². The Hall–Kier alpha value is -2.82. The van der Waals surface area contributed by atoms with E-state index in [2.05, 4.69) is 22.2 Å². The maximum atomic E-state index is 14.4. The molecule has 3 aliphatic heterocycles. The van der Waals surface area contributed by atoms with Crippen LogP contribution >= 0.6 is 0 Å². The van der Waals surface area contributed by atoms with E-state index in [1.165, 1.54) is 12.1 Å². The van der Waals surface area contributed by atoms with Gasteiger partial charge in [0.1, 0.15) is 5.82 Å². The molecule has 4 rings (SSSR count). The number of aliphatic imine (C=N–C) groups is 1. The Morgan fingerprint density at radius 3 is 2.38 bits per heavy atom. The number of aliphatic hydroxyl groups excluding tert-OH is 1. The number of benzene rings is 1. The summed E-state index contributed by atoms with van der Waals surface area (Å²) in [5.74, 6) is 0.541. The van der Waals surface area contributed by atoms with Gasteiger partial charge in [-0.05, 0) is 81.3 Å². The van der Waals surface area contributed by atoms with Crippen LogP contribution < -0.4 is 10.7 Å². The van der Waals surface area contributed by atoms with E-state index in [9.17, 15) is 18.3 Å². The van der Waals surface area contributed by atoms with Gasteiger partial charge < -0.3 is 20.1 Å². The minimum absolute atomic E-state index is 0.0616. The molecular formula is C32H46F3N5O2. The molecule has 42 heavy (non-hydrogen) atoms. The van der Waals surface area contributed by atoms with Crippen LogP contribution in [0.2, 0.25) is 0 Å². The second-order valence-corrected chi connectivity index (χ2v) is 12.6. The quantitative estimate of drug-likeness (QED) is 0.398. The first-order valence-corrected chi connectivity index (χ1v) is 14.9. The van der Waals surface area contributed by atoms with Crippen molar-refractivity contribution in [1.29, 1.82) is 0 Å². The second-order valence-electron chi connectivity index (χ2n) is 12.6. The van der Waals surface area contributed by atoms with Gasteiger partial charge >= 0.3 is 6.18 Å². The van der Waals surface area contributed by atoms with Gasteiger partial charge in [0.15, 0.2) is 0 Å². The molecule has 0 aromatic heterocycles. The molecule has 2 saturated heterocycles. The maximum Gasteiger partial charge on any atom is 0.416 e. The van der Waals surface area contributed by atoms with E-state index in [1.807, 2.05) is 45.7 Å². The van der Waals surface area contributed by atoms with E-state index in [-0.39, 0.29) is 24.9 Å². The lowest BCUT2D eigenvalue weighted by molar-refractivity contribution is -0.138. The Balaban J connectivity index is 1.86. The van der Waals surface area contributed by atoms with Crippen LogP contribution in [0, 0.1) is 5.92 Å². The molecular weight excluding hydrogens is 543 g/mol. The predicted octanol–water partition coefficient (Wildman–Crippen LogP) is 5.36. The normalized spacial score (nSPS) is 21.0. The molecule has 0 amide bonds. The average Bonchev–Trinajstić information content (AvgIpc) is 2.93. The Bertz CT molecular complexity index is 1220. The third-order valence-electron chi connectivity index (χ3n) is 7.99. The summed E-state index contributed by atoms with van der Waals surface area (Å²) in [6, 6.07) is 4.50. The predicted molar refractivity (Wildman–Crippen MR) is 161 cm³/mol. The van der Waals surface area contributed by atoms with Gasteiger partial charge in [-0.3, -0.25) is 15.4 Å². The number of nitrogens with one attached hydrogen (secondary N) is 2. The van der Waals surface area contributed by atoms with Crippen LogP contribution in [0.25, 0.3) is 0 Å². The van der Waals surface area contributed by atoms with E-state index >= 15 is 0 Å². The first-order valence-electron chi connectivity index (χ1n) is 14.9. The molecule has 0 radical (unpaired) electrons. The zero-order valence-corrected chi connectivity index (χ0v) is 25.6. The van der Waals surface area contributed by atoms with Crippen LogP contribution in [0.3, 0.4) is 0 Å². The smallest absolute Gasteiger partial charge is 0.392 e. The molecule has 3 aliphatic rings. The van der Waals surface area contributed by atoms with Crippen LogP contribution in [-0.4, -0.2) is 72.3 Å². The van der Waals surface area contributed by atoms with E-state index in [4.69, 9.17) is 9.73 Å². The van der Waals surface area contributed by atoms with Crippen molar-refractivity contribution in [3.05, 3.63) is 70.3 Å². The van der Waals surface area contributed by atoms with Gasteiger partial charge in [-0.1, -0.05) is 32.6 Å². The summed E-state index contributed by atoms with van der Waals surface area (Å²) in [4.78, 5) is 7.14. The fourth-order valence-corrected chi connectivity index (χ4v) is 5.93. The highest BCUT2D eigenvalue weighted by molar-refractivity contribution is 6.09. The minimum Gasteiger partial charge on any atom is -0.392 e. The summed E-state index contributed by atoms with van der Waals surface area (Å²) in [5, 5.41) is 15.7. The molecule has 0 saturated carbocycles. The number of hydrogen-bond acceptors (Lipinski definition) is 7. The summed E-state index contributed by atoms with van der Waals surface area (Å²) in [5.41, 5.74) is 6.21. The third kappa shape index (κ3) is 7.57. The highest BCUT2D eigenvalue weighted by atomic mass is 19.4. The first kappa shape index (κ1) is 32.1. The van der Waals surface area contributed by atoms with E-state index in [1.54, 1.807) is 6.07 Å². The second kappa shape index (κ2) is 13.2. The number of alkyl halides is 3. The number of piperidine rings is 1. The van der Waals surface area contributed by atoms with Crippen LogP contribution in [-0.2, 0) is 17.3 Å². The van der Waals surface area contributed by atoms with E-state index < -0.39 is 17.3 Å². The molecule has 0 atom stereocenters. The summed E-state index contributed by atoms with van der Waals surface area (Å²) in [6.45, 7) is 18.1. The van der Waals surface area contributed by atoms with Crippen molar-refractivity contribution in [2.75, 3.05) is 46.0 Å². The molecule has 3 heterocycles. The lowest BCUT2D eigenvalue weighted by atomic mass is 9.82. The van der Waals surface area contributed by atoms with Crippen molar-refractivity contribution in [3.8, 4) is 0 Å². The molecule has 0 unspecified atom stereocenters. The standard InChI is InChI=1S/C32H46F3N5O2/c1-21(2)25(20-41)28(18-24-8-7-9-26(32(33,34)35)30(24)23-10-12-36-13-11-23)40-22(3)27(37-31(4,5)6)19-29(38-40)39-14-16-42-17-15-39/h7-9,19,21,23,36,38,41H,3,10-18,20H2,1-2,4-6H3/b28-25-,37-27?. The summed E-state index contributed by atoms with van der Waals surface area (Å²) < 4.78 is 48.8. The zero-order chi connectivity index (χ0) is 30.7. The Labute approximate surface area is 248 Å². The molecule has 0 aliphatic carbocycles.